The Bertz CT molecular complexity index is 721. The average Bonchev–Trinajstić information content (AvgIpc) is 3.11. The van der Waals surface area contributed by atoms with Crippen LogP contribution in [0.15, 0.2) is 29.6 Å². The highest BCUT2D eigenvalue weighted by Crippen LogP contribution is 2.20. The normalized spacial score (nSPS) is 14.2. The van der Waals surface area contributed by atoms with Crippen LogP contribution in [0.1, 0.15) is 21.1 Å². The van der Waals surface area contributed by atoms with Crippen LogP contribution in [-0.2, 0) is 13.0 Å². The van der Waals surface area contributed by atoms with Gasteiger partial charge in [-0.25, -0.2) is 4.98 Å². The minimum absolute atomic E-state index is 0. The van der Waals surface area contributed by atoms with Crippen LogP contribution < -0.4 is 10.5 Å². The van der Waals surface area contributed by atoms with Crippen molar-refractivity contribution in [2.75, 3.05) is 39.8 Å². The summed E-state index contributed by atoms with van der Waals surface area (Å²) < 4.78 is 5.42. The number of hydrogen-bond acceptors (Lipinski definition) is 6. The number of nitrogens with zero attached hydrogens (tertiary/aromatic N) is 3. The van der Waals surface area contributed by atoms with Crippen molar-refractivity contribution < 1.29 is 9.53 Å². The third kappa shape index (κ3) is 6.05. The lowest BCUT2D eigenvalue weighted by molar-refractivity contribution is 0.0622. The number of carbonyl (C=O) groups excluding carboxylic acids is 1. The molecule has 0 aliphatic carbocycles. The van der Waals surface area contributed by atoms with Crippen molar-refractivity contribution in [3.63, 3.8) is 0 Å². The first kappa shape index (κ1) is 23.7. The van der Waals surface area contributed by atoms with Crippen molar-refractivity contribution >= 4 is 42.1 Å². The molecule has 1 aliphatic heterocycles. The zero-order chi connectivity index (χ0) is 17.6. The topological polar surface area (TPSA) is 71.7 Å². The van der Waals surface area contributed by atoms with Crippen LogP contribution in [0.4, 0.5) is 0 Å². The zero-order valence-corrected chi connectivity index (χ0v) is 17.7. The number of carbonyl (C=O) groups is 1. The van der Waals surface area contributed by atoms with E-state index in [1.807, 2.05) is 28.5 Å². The minimum Gasteiger partial charge on any atom is -0.496 e. The molecule has 1 fully saturated rings. The van der Waals surface area contributed by atoms with E-state index in [9.17, 15) is 4.79 Å². The molecule has 6 nitrogen and oxygen atoms in total. The number of aromatic nitrogens is 1. The maximum Gasteiger partial charge on any atom is 0.273 e. The summed E-state index contributed by atoms with van der Waals surface area (Å²) in [5.41, 5.74) is 7.27. The Morgan fingerprint density at radius 3 is 2.59 bits per heavy atom. The van der Waals surface area contributed by atoms with E-state index in [1.54, 1.807) is 7.11 Å². The van der Waals surface area contributed by atoms with Gasteiger partial charge in [-0.3, -0.25) is 9.69 Å². The molecule has 3 rings (SSSR count). The highest BCUT2D eigenvalue weighted by molar-refractivity contribution is 7.09. The van der Waals surface area contributed by atoms with Gasteiger partial charge in [0.25, 0.3) is 5.91 Å². The molecule has 1 aromatic carbocycles. The van der Waals surface area contributed by atoms with Gasteiger partial charge in [-0.2, -0.15) is 0 Å². The van der Waals surface area contributed by atoms with Crippen molar-refractivity contribution in [3.05, 3.63) is 45.9 Å². The summed E-state index contributed by atoms with van der Waals surface area (Å²) in [6.07, 6.45) is 0.727. The molecule has 2 heterocycles. The maximum atomic E-state index is 12.6. The van der Waals surface area contributed by atoms with Gasteiger partial charge in [-0.15, -0.1) is 36.2 Å². The molecule has 0 unspecified atom stereocenters. The summed E-state index contributed by atoms with van der Waals surface area (Å²) in [5.74, 6) is 0.937. The van der Waals surface area contributed by atoms with Crippen LogP contribution in [0.3, 0.4) is 0 Å². The quantitative estimate of drug-likeness (QED) is 0.758. The number of para-hydroxylation sites is 1. The summed E-state index contributed by atoms with van der Waals surface area (Å²) in [4.78, 5) is 21.2. The zero-order valence-electron chi connectivity index (χ0n) is 15.3. The Morgan fingerprint density at radius 1 is 1.22 bits per heavy atom. The number of halogens is 2. The van der Waals surface area contributed by atoms with Crippen molar-refractivity contribution in [3.8, 4) is 5.75 Å². The third-order valence-corrected chi connectivity index (χ3v) is 5.28. The number of piperazine rings is 1. The number of nitrogens with two attached hydrogens (primary N) is 1. The van der Waals surface area contributed by atoms with Gasteiger partial charge in [0.15, 0.2) is 0 Å². The number of hydrogen-bond donors (Lipinski definition) is 1. The van der Waals surface area contributed by atoms with Crippen LogP contribution in [0, 0.1) is 0 Å². The van der Waals surface area contributed by atoms with E-state index in [-0.39, 0.29) is 30.7 Å². The molecular weight excluding hydrogens is 407 g/mol. The Hall–Kier alpha value is -1.38. The number of rotatable bonds is 6. The van der Waals surface area contributed by atoms with E-state index in [1.165, 1.54) is 16.9 Å². The SMILES string of the molecule is COc1ccccc1CN1CCN(C(=O)c2csc(CCN)n2)CC1.Cl.Cl. The first-order chi connectivity index (χ1) is 12.2. The summed E-state index contributed by atoms with van der Waals surface area (Å²) in [7, 11) is 1.70. The smallest absolute Gasteiger partial charge is 0.273 e. The van der Waals surface area contributed by atoms with Crippen molar-refractivity contribution in [2.45, 2.75) is 13.0 Å². The average molecular weight is 433 g/mol. The summed E-state index contributed by atoms with van der Waals surface area (Å²) in [6.45, 7) is 4.54. The molecule has 1 aliphatic rings. The van der Waals surface area contributed by atoms with Gasteiger partial charge in [0.05, 0.1) is 12.1 Å². The number of ether oxygens (including phenoxy) is 1. The standard InChI is InChI=1S/C18H24N4O2S.2ClH/c1-24-16-5-3-2-4-14(16)12-21-8-10-22(11-9-21)18(23)15-13-25-17(20-15)6-7-19;;/h2-5,13H,6-12,19H2,1H3;2*1H. The highest BCUT2D eigenvalue weighted by atomic mass is 35.5. The van der Waals surface area contributed by atoms with Gasteiger partial charge >= 0.3 is 0 Å². The Kier molecular flexibility index (Phi) is 10.0. The third-order valence-electron chi connectivity index (χ3n) is 4.38. The van der Waals surface area contributed by atoms with Gasteiger partial charge in [0.1, 0.15) is 11.4 Å². The Morgan fingerprint density at radius 2 is 1.93 bits per heavy atom. The van der Waals surface area contributed by atoms with E-state index in [0.29, 0.717) is 12.2 Å². The highest BCUT2D eigenvalue weighted by Gasteiger charge is 2.24. The molecule has 0 bridgehead atoms. The van der Waals surface area contributed by atoms with Gasteiger partial charge in [0, 0.05) is 50.1 Å². The maximum absolute atomic E-state index is 12.6. The van der Waals surface area contributed by atoms with Crippen molar-refractivity contribution in [1.29, 1.82) is 0 Å². The molecule has 2 N–H and O–H groups in total. The van der Waals surface area contributed by atoms with Crippen molar-refractivity contribution in [2.24, 2.45) is 5.73 Å². The number of methoxy groups -OCH3 is 1. The number of benzene rings is 1. The number of amides is 1. The predicted octanol–water partition coefficient (Wildman–Crippen LogP) is 2.45. The van der Waals surface area contributed by atoms with Crippen LogP contribution in [0.5, 0.6) is 5.75 Å². The van der Waals surface area contributed by atoms with Gasteiger partial charge in [-0.1, -0.05) is 18.2 Å². The van der Waals surface area contributed by atoms with E-state index in [2.05, 4.69) is 16.0 Å². The summed E-state index contributed by atoms with van der Waals surface area (Å²) in [5, 5.41) is 2.77. The first-order valence-corrected chi connectivity index (χ1v) is 9.37. The monoisotopic (exact) mass is 432 g/mol. The fourth-order valence-corrected chi connectivity index (χ4v) is 3.78. The molecule has 0 atom stereocenters. The molecule has 2 aromatic rings. The lowest BCUT2D eigenvalue weighted by Crippen LogP contribution is -2.48. The molecule has 1 saturated heterocycles. The Labute approximate surface area is 176 Å². The van der Waals surface area contributed by atoms with Crippen LogP contribution in [0.2, 0.25) is 0 Å². The second kappa shape index (κ2) is 11.5. The molecule has 1 aromatic heterocycles. The summed E-state index contributed by atoms with van der Waals surface area (Å²) in [6, 6.07) is 8.07. The first-order valence-electron chi connectivity index (χ1n) is 8.49. The molecular formula is C18H26Cl2N4O2S. The lowest BCUT2D eigenvalue weighted by Gasteiger charge is -2.34. The molecule has 9 heteroatoms. The van der Waals surface area contributed by atoms with E-state index in [0.717, 1.165) is 49.9 Å². The fourth-order valence-electron chi connectivity index (χ4n) is 2.99. The lowest BCUT2D eigenvalue weighted by atomic mass is 10.1. The largest absolute Gasteiger partial charge is 0.496 e. The van der Waals surface area contributed by atoms with E-state index < -0.39 is 0 Å². The van der Waals surface area contributed by atoms with Crippen LogP contribution in [-0.4, -0.2) is 60.5 Å². The van der Waals surface area contributed by atoms with E-state index >= 15 is 0 Å². The van der Waals surface area contributed by atoms with Crippen molar-refractivity contribution in [1.82, 2.24) is 14.8 Å². The number of thiazole rings is 1. The van der Waals surface area contributed by atoms with E-state index in [4.69, 9.17) is 10.5 Å². The second-order valence-electron chi connectivity index (χ2n) is 6.05. The molecule has 0 spiro atoms. The van der Waals surface area contributed by atoms with Gasteiger partial charge in [0.2, 0.25) is 0 Å². The van der Waals surface area contributed by atoms with Gasteiger partial charge in [-0.05, 0) is 12.6 Å². The fraction of sp³-hybridized carbons (Fsp3) is 0.444. The minimum atomic E-state index is 0. The second-order valence-corrected chi connectivity index (χ2v) is 6.99. The predicted molar refractivity (Wildman–Crippen MR) is 114 cm³/mol. The molecule has 27 heavy (non-hydrogen) atoms. The molecule has 1 amide bonds. The molecule has 150 valence electrons. The summed E-state index contributed by atoms with van der Waals surface area (Å²) >= 11 is 1.51. The van der Waals surface area contributed by atoms with Crippen LogP contribution >= 0.6 is 36.2 Å². The molecule has 0 saturated carbocycles. The van der Waals surface area contributed by atoms with Gasteiger partial charge < -0.3 is 15.4 Å². The van der Waals surface area contributed by atoms with Crippen LogP contribution in [0.25, 0.3) is 0 Å². The Balaban J connectivity index is 0.00000182. The molecule has 0 radical (unpaired) electrons.